The third-order valence-corrected chi connectivity index (χ3v) is 6.37. The number of hydrogen-bond acceptors (Lipinski definition) is 5. The highest BCUT2D eigenvalue weighted by atomic mass is 35.5. The summed E-state index contributed by atoms with van der Waals surface area (Å²) in [6.45, 7) is 3.55. The smallest absolute Gasteiger partial charge is 0.275 e. The second-order valence-corrected chi connectivity index (χ2v) is 7.90. The first-order valence-electron chi connectivity index (χ1n) is 6.33. The van der Waals surface area contributed by atoms with Gasteiger partial charge < -0.3 is 5.32 Å². The number of anilines is 1. The number of thiazole rings is 1. The lowest BCUT2D eigenvalue weighted by Gasteiger charge is -2.23. The maximum absolute atomic E-state index is 12.8. The number of nitrogens with one attached hydrogen (secondary N) is 1. The van der Waals surface area contributed by atoms with E-state index in [9.17, 15) is 8.42 Å². The van der Waals surface area contributed by atoms with Crippen molar-refractivity contribution in [1.29, 1.82) is 0 Å². The van der Waals surface area contributed by atoms with Crippen molar-refractivity contribution < 1.29 is 8.42 Å². The highest BCUT2D eigenvalue weighted by Gasteiger charge is 2.29. The van der Waals surface area contributed by atoms with Crippen LogP contribution in [0.15, 0.2) is 34.7 Å². The highest BCUT2D eigenvalue weighted by Crippen LogP contribution is 2.30. The minimum absolute atomic E-state index is 0. The van der Waals surface area contributed by atoms with Gasteiger partial charge in [0, 0.05) is 19.6 Å². The van der Waals surface area contributed by atoms with Gasteiger partial charge in [0.15, 0.2) is 4.21 Å². The zero-order valence-corrected chi connectivity index (χ0v) is 13.9. The Balaban J connectivity index is 0.00000161. The van der Waals surface area contributed by atoms with E-state index in [4.69, 9.17) is 0 Å². The molecule has 0 bridgehead atoms. The lowest BCUT2D eigenvalue weighted by molar-refractivity contribution is 0.591. The summed E-state index contributed by atoms with van der Waals surface area (Å²) in [5, 5.41) is 4.00. The first-order valence-corrected chi connectivity index (χ1v) is 8.58. The van der Waals surface area contributed by atoms with E-state index in [-0.39, 0.29) is 12.4 Å². The van der Waals surface area contributed by atoms with Gasteiger partial charge in [-0.05, 0) is 18.6 Å². The van der Waals surface area contributed by atoms with Crippen molar-refractivity contribution in [3.8, 4) is 0 Å². The van der Waals surface area contributed by atoms with Gasteiger partial charge in [0.05, 0.1) is 16.9 Å². The van der Waals surface area contributed by atoms with Crippen LogP contribution in [0.25, 0.3) is 0 Å². The Kier molecular flexibility index (Phi) is 4.88. The van der Waals surface area contributed by atoms with Crippen LogP contribution >= 0.6 is 23.7 Å². The van der Waals surface area contributed by atoms with Gasteiger partial charge in [-0.15, -0.1) is 23.7 Å². The summed E-state index contributed by atoms with van der Waals surface area (Å²) in [7, 11) is -3.53. The Morgan fingerprint density at radius 2 is 2.10 bits per heavy atom. The van der Waals surface area contributed by atoms with Crippen molar-refractivity contribution in [1.82, 2.24) is 10.3 Å². The number of halogens is 1. The molecule has 114 valence electrons. The van der Waals surface area contributed by atoms with E-state index < -0.39 is 10.0 Å². The molecule has 0 atom stereocenters. The summed E-state index contributed by atoms with van der Waals surface area (Å²) in [4.78, 5) is 4.05. The van der Waals surface area contributed by atoms with Crippen LogP contribution in [-0.2, 0) is 16.6 Å². The second kappa shape index (κ2) is 6.31. The molecule has 1 aromatic heterocycles. The number of para-hydroxylation sites is 1. The average Bonchev–Trinajstić information content (AvgIpc) is 2.75. The lowest BCUT2D eigenvalue weighted by atomic mass is 10.2. The molecular weight excluding hydrogens is 330 g/mol. The Bertz CT molecular complexity index is 731. The van der Waals surface area contributed by atoms with Crippen LogP contribution in [0.2, 0.25) is 0 Å². The van der Waals surface area contributed by atoms with Crippen LogP contribution in [0.4, 0.5) is 5.69 Å². The van der Waals surface area contributed by atoms with Crippen LogP contribution in [0, 0.1) is 6.92 Å². The van der Waals surface area contributed by atoms with E-state index >= 15 is 0 Å². The van der Waals surface area contributed by atoms with Gasteiger partial charge in [-0.3, -0.25) is 4.31 Å². The fraction of sp³-hybridized carbons (Fsp3) is 0.308. The quantitative estimate of drug-likeness (QED) is 0.906. The van der Waals surface area contributed by atoms with Crippen molar-refractivity contribution in [3.63, 3.8) is 0 Å². The maximum atomic E-state index is 12.8. The lowest BCUT2D eigenvalue weighted by Crippen LogP contribution is -2.34. The fourth-order valence-corrected chi connectivity index (χ4v) is 4.97. The number of fused-ring (bicyclic) bond motifs is 1. The normalized spacial score (nSPS) is 15.0. The van der Waals surface area contributed by atoms with E-state index in [0.717, 1.165) is 16.3 Å². The molecule has 1 aromatic carbocycles. The third-order valence-electron chi connectivity index (χ3n) is 3.21. The largest absolute Gasteiger partial charge is 0.311 e. The Labute approximate surface area is 134 Å². The number of aryl methyl sites for hydroxylation is 1. The molecule has 0 saturated carbocycles. The van der Waals surface area contributed by atoms with E-state index in [0.29, 0.717) is 23.8 Å². The molecule has 1 N–H and O–H groups in total. The summed E-state index contributed by atoms with van der Waals surface area (Å²) in [6.07, 6.45) is 1.44. The second-order valence-electron chi connectivity index (χ2n) is 4.58. The van der Waals surface area contributed by atoms with Crippen molar-refractivity contribution in [2.75, 3.05) is 17.4 Å². The predicted octanol–water partition coefficient (Wildman–Crippen LogP) is 2.17. The molecule has 1 aliphatic rings. The summed E-state index contributed by atoms with van der Waals surface area (Å²) in [5.41, 5.74) is 1.75. The van der Waals surface area contributed by atoms with Gasteiger partial charge in [-0.1, -0.05) is 18.2 Å². The first-order chi connectivity index (χ1) is 9.59. The molecule has 3 rings (SSSR count). The molecule has 1 aliphatic heterocycles. The minimum atomic E-state index is -3.53. The van der Waals surface area contributed by atoms with E-state index in [1.165, 1.54) is 21.8 Å². The molecule has 0 saturated heterocycles. The topological polar surface area (TPSA) is 62.3 Å². The van der Waals surface area contributed by atoms with Crippen LogP contribution in [-0.4, -0.2) is 26.5 Å². The van der Waals surface area contributed by atoms with Crippen LogP contribution in [0.1, 0.15) is 10.6 Å². The van der Waals surface area contributed by atoms with Gasteiger partial charge in [0.25, 0.3) is 10.0 Å². The minimum Gasteiger partial charge on any atom is -0.311 e. The predicted molar refractivity (Wildman–Crippen MR) is 86.8 cm³/mol. The first kappa shape index (κ1) is 16.2. The molecule has 0 unspecified atom stereocenters. The van der Waals surface area contributed by atoms with Crippen molar-refractivity contribution >= 4 is 39.5 Å². The van der Waals surface area contributed by atoms with E-state index in [2.05, 4.69) is 10.3 Å². The number of benzene rings is 1. The standard InChI is InChI=1S/C13H15N3O2S2.ClH/c1-10-15-9-13(19-10)20(17,18)16-7-6-14-8-11-4-2-3-5-12(11)16;/h2-5,9,14H,6-8H2,1H3;1H. The Hall–Kier alpha value is -1.15. The molecule has 0 spiro atoms. The van der Waals surface area contributed by atoms with Crippen LogP contribution in [0.3, 0.4) is 0 Å². The zero-order valence-electron chi connectivity index (χ0n) is 11.4. The maximum Gasteiger partial charge on any atom is 0.275 e. The molecule has 5 nitrogen and oxygen atoms in total. The van der Waals surface area contributed by atoms with Gasteiger partial charge in [-0.25, -0.2) is 13.4 Å². The van der Waals surface area contributed by atoms with E-state index in [1.807, 2.05) is 31.2 Å². The van der Waals surface area contributed by atoms with Gasteiger partial charge in [0.1, 0.15) is 0 Å². The van der Waals surface area contributed by atoms with Crippen molar-refractivity contribution in [3.05, 3.63) is 41.0 Å². The van der Waals surface area contributed by atoms with Gasteiger partial charge >= 0.3 is 0 Å². The molecule has 8 heteroatoms. The molecule has 2 heterocycles. The number of aromatic nitrogens is 1. The highest BCUT2D eigenvalue weighted by molar-refractivity contribution is 7.94. The SMILES string of the molecule is Cc1ncc(S(=O)(=O)N2CCNCc3ccccc32)s1.Cl. The zero-order chi connectivity index (χ0) is 14.2. The summed E-state index contributed by atoms with van der Waals surface area (Å²) in [5.74, 6) is 0. The summed E-state index contributed by atoms with van der Waals surface area (Å²) >= 11 is 1.21. The van der Waals surface area contributed by atoms with Crippen molar-refractivity contribution in [2.45, 2.75) is 17.7 Å². The molecule has 0 fully saturated rings. The fourth-order valence-electron chi connectivity index (χ4n) is 2.25. The van der Waals surface area contributed by atoms with E-state index in [1.54, 1.807) is 0 Å². The molecule has 21 heavy (non-hydrogen) atoms. The monoisotopic (exact) mass is 345 g/mol. The molecule has 2 aromatic rings. The summed E-state index contributed by atoms with van der Waals surface area (Å²) in [6, 6.07) is 7.60. The van der Waals surface area contributed by atoms with Crippen LogP contribution in [0.5, 0.6) is 0 Å². The van der Waals surface area contributed by atoms with Crippen LogP contribution < -0.4 is 9.62 Å². The van der Waals surface area contributed by atoms with Crippen molar-refractivity contribution in [2.24, 2.45) is 0 Å². The Morgan fingerprint density at radius 1 is 1.33 bits per heavy atom. The number of rotatable bonds is 2. The number of nitrogens with zero attached hydrogens (tertiary/aromatic N) is 2. The van der Waals surface area contributed by atoms with Gasteiger partial charge in [-0.2, -0.15) is 0 Å². The third kappa shape index (κ3) is 3.06. The Morgan fingerprint density at radius 3 is 2.81 bits per heavy atom. The molecular formula is C13H16ClN3O2S2. The average molecular weight is 346 g/mol. The molecule has 0 radical (unpaired) electrons. The number of hydrogen-bond donors (Lipinski definition) is 1. The molecule has 0 aliphatic carbocycles. The van der Waals surface area contributed by atoms with Gasteiger partial charge in [0.2, 0.25) is 0 Å². The number of sulfonamides is 1. The summed E-state index contributed by atoms with van der Waals surface area (Å²) < 4.78 is 27.3. The molecule has 0 amide bonds.